The molecule has 2 aromatic rings. The molecule has 9 heteroatoms. The van der Waals surface area contributed by atoms with Gasteiger partial charge in [0.25, 0.3) is 0 Å². The average molecular weight is 447 g/mol. The molecule has 2 heterocycles. The van der Waals surface area contributed by atoms with Crippen molar-refractivity contribution in [2.24, 2.45) is 0 Å². The summed E-state index contributed by atoms with van der Waals surface area (Å²) in [5.74, 6) is 0.154. The molecule has 32 heavy (non-hydrogen) atoms. The fourth-order valence-corrected chi connectivity index (χ4v) is 3.73. The summed E-state index contributed by atoms with van der Waals surface area (Å²) in [5, 5.41) is 11.9. The minimum absolute atomic E-state index is 0.107. The molecule has 1 fully saturated rings. The Morgan fingerprint density at radius 2 is 1.97 bits per heavy atom. The number of hydrogen-bond donors (Lipinski definition) is 2. The van der Waals surface area contributed by atoms with Crippen molar-refractivity contribution in [3.05, 3.63) is 65.4 Å². The summed E-state index contributed by atoms with van der Waals surface area (Å²) in [4.78, 5) is 17.5. The van der Waals surface area contributed by atoms with Gasteiger partial charge in [0, 0.05) is 25.2 Å². The number of aliphatic hydroxyl groups is 1. The van der Waals surface area contributed by atoms with Crippen molar-refractivity contribution < 1.29 is 27.8 Å². The van der Waals surface area contributed by atoms with Gasteiger partial charge in [0.1, 0.15) is 6.04 Å². The smallest absolute Gasteiger partial charge is 0.392 e. The van der Waals surface area contributed by atoms with E-state index in [2.05, 4.69) is 10.3 Å². The Morgan fingerprint density at radius 1 is 1.22 bits per heavy atom. The number of carbonyl (C=O) groups is 1. The Balaban J connectivity index is 1.46. The molecule has 0 radical (unpaired) electrons. The van der Waals surface area contributed by atoms with Crippen LogP contribution in [0.1, 0.15) is 42.1 Å². The molecule has 1 amide bonds. The average Bonchev–Trinajstić information content (AvgIpc) is 3.58. The first-order valence-electron chi connectivity index (χ1n) is 10.5. The van der Waals surface area contributed by atoms with E-state index in [9.17, 15) is 18.0 Å². The van der Waals surface area contributed by atoms with Gasteiger partial charge in [0.05, 0.1) is 12.3 Å². The van der Waals surface area contributed by atoms with Gasteiger partial charge in [-0.1, -0.05) is 36.4 Å². The van der Waals surface area contributed by atoms with Gasteiger partial charge in [-0.15, -0.1) is 0 Å². The van der Waals surface area contributed by atoms with Crippen LogP contribution in [0.3, 0.4) is 0 Å². The number of ether oxygens (including phenoxy) is 1. The number of nitrogens with one attached hydrogen (secondary N) is 1. The maximum atomic E-state index is 13.9. The molecular weight excluding hydrogens is 423 g/mol. The topological polar surface area (TPSA) is 74.7 Å². The molecule has 170 valence electrons. The zero-order chi connectivity index (χ0) is 22.7. The lowest BCUT2D eigenvalue weighted by molar-refractivity contribution is -0.185. The molecule has 0 bridgehead atoms. The monoisotopic (exact) mass is 447 g/mol. The molecule has 6 nitrogen and oxygen atoms in total. The fourth-order valence-electron chi connectivity index (χ4n) is 3.73. The molecule has 1 saturated carbocycles. The van der Waals surface area contributed by atoms with Gasteiger partial charge in [-0.3, -0.25) is 4.90 Å². The lowest BCUT2D eigenvalue weighted by Gasteiger charge is -2.35. The van der Waals surface area contributed by atoms with Crippen molar-refractivity contribution in [1.82, 2.24) is 15.2 Å². The van der Waals surface area contributed by atoms with Crippen molar-refractivity contribution >= 4 is 11.7 Å². The van der Waals surface area contributed by atoms with E-state index in [0.717, 1.165) is 18.4 Å². The molecule has 1 aliphatic carbocycles. The molecule has 0 saturated heterocycles. The Morgan fingerprint density at radius 3 is 2.56 bits per heavy atom. The van der Waals surface area contributed by atoms with E-state index in [-0.39, 0.29) is 37.2 Å². The number of nitrogens with zero attached hydrogens (tertiary/aromatic N) is 2. The van der Waals surface area contributed by atoms with E-state index in [4.69, 9.17) is 9.84 Å². The second-order valence-corrected chi connectivity index (χ2v) is 7.99. The van der Waals surface area contributed by atoms with Crippen LogP contribution in [0, 0.1) is 0 Å². The van der Waals surface area contributed by atoms with E-state index in [1.165, 1.54) is 29.2 Å². The van der Waals surface area contributed by atoms with E-state index in [0.29, 0.717) is 17.7 Å². The highest BCUT2D eigenvalue weighted by atomic mass is 19.4. The third-order valence-electron chi connectivity index (χ3n) is 5.54. The minimum atomic E-state index is -4.44. The standard InChI is InChI=1S/C23H24F3N3O3/c24-23(25,26)21(17-6-4-15(14-30)5-7-17)29-12-10-16(11-13-29)19-2-1-3-20(28-19)32-22(31)27-18-8-9-18/h1-7,10,18,21,30H,8-9,11-14H2,(H,27,31). The quantitative estimate of drug-likeness (QED) is 0.694. The molecule has 2 aliphatic rings. The van der Waals surface area contributed by atoms with Gasteiger partial charge < -0.3 is 15.2 Å². The molecule has 2 N–H and O–H groups in total. The Kier molecular flexibility index (Phi) is 6.48. The summed E-state index contributed by atoms with van der Waals surface area (Å²) >= 11 is 0. The first kappa shape index (κ1) is 22.3. The second-order valence-electron chi connectivity index (χ2n) is 7.99. The van der Waals surface area contributed by atoms with Crippen LogP contribution in [0.5, 0.6) is 5.88 Å². The van der Waals surface area contributed by atoms with Gasteiger partial charge in [0.15, 0.2) is 0 Å². The van der Waals surface area contributed by atoms with E-state index in [1.807, 2.05) is 0 Å². The number of hydrogen-bond acceptors (Lipinski definition) is 5. The number of aliphatic hydroxyl groups excluding tert-OH is 1. The lowest BCUT2D eigenvalue weighted by Crippen LogP contribution is -2.40. The van der Waals surface area contributed by atoms with Crippen molar-refractivity contribution in [3.8, 4) is 5.88 Å². The van der Waals surface area contributed by atoms with Crippen LogP contribution >= 0.6 is 0 Å². The summed E-state index contributed by atoms with van der Waals surface area (Å²) in [6, 6.07) is 9.30. The number of benzene rings is 1. The molecule has 1 aliphatic heterocycles. The van der Waals surface area contributed by atoms with Crippen LogP contribution < -0.4 is 10.1 Å². The number of rotatable bonds is 6. The maximum absolute atomic E-state index is 13.9. The predicted octanol–water partition coefficient (Wildman–Crippen LogP) is 4.22. The van der Waals surface area contributed by atoms with Gasteiger partial charge in [-0.2, -0.15) is 13.2 Å². The Labute approximate surface area is 183 Å². The summed E-state index contributed by atoms with van der Waals surface area (Å²) in [6.45, 7) is 0.0910. The van der Waals surface area contributed by atoms with Crippen LogP contribution in [-0.4, -0.2) is 46.4 Å². The number of halogens is 3. The van der Waals surface area contributed by atoms with Gasteiger partial charge >= 0.3 is 12.3 Å². The first-order valence-corrected chi connectivity index (χ1v) is 10.5. The molecule has 4 rings (SSSR count). The second kappa shape index (κ2) is 9.30. The fraction of sp³-hybridized carbons (Fsp3) is 0.391. The minimum Gasteiger partial charge on any atom is -0.392 e. The number of aromatic nitrogens is 1. The summed E-state index contributed by atoms with van der Waals surface area (Å²) in [5.41, 5.74) is 2.10. The number of pyridine rings is 1. The van der Waals surface area contributed by atoms with Gasteiger partial charge in [-0.25, -0.2) is 9.78 Å². The summed E-state index contributed by atoms with van der Waals surface area (Å²) < 4.78 is 46.9. The lowest BCUT2D eigenvalue weighted by atomic mass is 9.98. The Bertz CT molecular complexity index is 988. The highest BCUT2D eigenvalue weighted by Gasteiger charge is 2.44. The summed E-state index contributed by atoms with van der Waals surface area (Å²) in [7, 11) is 0. The van der Waals surface area contributed by atoms with Crippen LogP contribution in [0.2, 0.25) is 0 Å². The van der Waals surface area contributed by atoms with Crippen molar-refractivity contribution in [2.75, 3.05) is 13.1 Å². The van der Waals surface area contributed by atoms with Crippen molar-refractivity contribution in [1.29, 1.82) is 0 Å². The highest BCUT2D eigenvalue weighted by Crippen LogP contribution is 2.39. The maximum Gasteiger partial charge on any atom is 0.414 e. The first-order chi connectivity index (χ1) is 15.3. The van der Waals surface area contributed by atoms with E-state index in [1.54, 1.807) is 24.3 Å². The molecule has 1 atom stereocenters. The van der Waals surface area contributed by atoms with Gasteiger partial charge in [-0.05, 0) is 42.0 Å². The number of amides is 1. The van der Waals surface area contributed by atoms with Crippen molar-refractivity contribution in [3.63, 3.8) is 0 Å². The summed E-state index contributed by atoms with van der Waals surface area (Å²) in [6.07, 6.45) is -0.992. The third-order valence-corrected chi connectivity index (χ3v) is 5.54. The van der Waals surface area contributed by atoms with Crippen LogP contribution in [0.15, 0.2) is 48.5 Å². The van der Waals surface area contributed by atoms with Crippen molar-refractivity contribution in [2.45, 2.75) is 44.1 Å². The highest BCUT2D eigenvalue weighted by molar-refractivity contribution is 5.71. The molecule has 1 aromatic heterocycles. The largest absolute Gasteiger partial charge is 0.414 e. The van der Waals surface area contributed by atoms with Gasteiger partial charge in [0.2, 0.25) is 5.88 Å². The normalized spacial score (nSPS) is 18.1. The van der Waals surface area contributed by atoms with Crippen LogP contribution in [-0.2, 0) is 6.61 Å². The Hall–Kier alpha value is -2.91. The zero-order valence-electron chi connectivity index (χ0n) is 17.3. The molecular formula is C23H24F3N3O3. The SMILES string of the molecule is O=C(NC1CC1)Oc1cccc(C2=CCN(C(c3ccc(CO)cc3)C(F)(F)F)CC2)n1. The predicted molar refractivity (Wildman–Crippen MR) is 112 cm³/mol. The van der Waals surface area contributed by atoms with Crippen LogP contribution in [0.4, 0.5) is 18.0 Å². The van der Waals surface area contributed by atoms with E-state index < -0.39 is 18.3 Å². The third kappa shape index (κ3) is 5.46. The van der Waals surface area contributed by atoms with E-state index >= 15 is 0 Å². The van der Waals surface area contributed by atoms with Crippen LogP contribution in [0.25, 0.3) is 5.57 Å². The number of alkyl halides is 3. The number of carbonyl (C=O) groups excluding carboxylic acids is 1. The molecule has 0 spiro atoms. The molecule has 1 aromatic carbocycles. The molecule has 1 unspecified atom stereocenters. The zero-order valence-corrected chi connectivity index (χ0v) is 17.3.